The highest BCUT2D eigenvalue weighted by molar-refractivity contribution is 5.93. The predicted octanol–water partition coefficient (Wildman–Crippen LogP) is 2.72. The van der Waals surface area contributed by atoms with Crippen LogP contribution in [0, 0.1) is 17.0 Å². The summed E-state index contributed by atoms with van der Waals surface area (Å²) < 4.78 is 38.7. The van der Waals surface area contributed by atoms with Crippen LogP contribution in [0.4, 0.5) is 24.5 Å². The molecule has 0 saturated carbocycles. The summed E-state index contributed by atoms with van der Waals surface area (Å²) in [4.78, 5) is 34.1. The van der Waals surface area contributed by atoms with Crippen LogP contribution in [0.3, 0.4) is 0 Å². The fraction of sp³-hybridized carbons (Fsp3) is 0.200. The van der Waals surface area contributed by atoms with E-state index in [4.69, 9.17) is 0 Å². The zero-order valence-corrected chi connectivity index (χ0v) is 12.8. The number of halogens is 3. The summed E-state index contributed by atoms with van der Waals surface area (Å²) >= 11 is 0. The van der Waals surface area contributed by atoms with Crippen molar-refractivity contribution in [3.8, 4) is 0 Å². The highest BCUT2D eigenvalue weighted by Gasteiger charge is 2.34. The minimum Gasteiger partial charge on any atom is -0.319 e. The number of carbonyl (C=O) groups is 1. The molecule has 2 rings (SSSR count). The van der Waals surface area contributed by atoms with Crippen LogP contribution in [0.1, 0.15) is 11.1 Å². The predicted molar refractivity (Wildman–Crippen MR) is 82.2 cm³/mol. The van der Waals surface area contributed by atoms with Gasteiger partial charge in [0.05, 0.1) is 4.92 Å². The molecule has 132 valence electrons. The third kappa shape index (κ3) is 4.03. The summed E-state index contributed by atoms with van der Waals surface area (Å²) in [5.74, 6) is -0.862. The fourth-order valence-electron chi connectivity index (χ4n) is 2.18. The van der Waals surface area contributed by atoms with Gasteiger partial charge in [0.2, 0.25) is 5.91 Å². The Balaban J connectivity index is 2.29. The minimum atomic E-state index is -4.84. The van der Waals surface area contributed by atoms with Crippen LogP contribution in [-0.2, 0) is 17.5 Å². The van der Waals surface area contributed by atoms with E-state index in [9.17, 15) is 32.9 Å². The third-order valence-corrected chi connectivity index (χ3v) is 3.35. The van der Waals surface area contributed by atoms with Gasteiger partial charge >= 0.3 is 6.18 Å². The maximum atomic E-state index is 12.7. The van der Waals surface area contributed by atoms with Gasteiger partial charge in [0.15, 0.2) is 0 Å². The molecule has 1 aromatic heterocycles. The van der Waals surface area contributed by atoms with Crippen molar-refractivity contribution in [3.63, 3.8) is 0 Å². The summed E-state index contributed by atoms with van der Waals surface area (Å²) in [6, 6.07) is 5.75. The maximum absolute atomic E-state index is 12.7. The fourth-order valence-corrected chi connectivity index (χ4v) is 2.18. The lowest BCUT2D eigenvalue weighted by Crippen LogP contribution is -2.32. The van der Waals surface area contributed by atoms with Gasteiger partial charge in [-0.1, -0.05) is 12.1 Å². The Labute approximate surface area is 138 Å². The number of hydrogen-bond acceptors (Lipinski definition) is 4. The topological polar surface area (TPSA) is 94.2 Å². The molecule has 0 unspecified atom stereocenters. The molecular formula is C15H12F3N3O4. The first-order valence-electron chi connectivity index (χ1n) is 6.91. The number of nitrogens with one attached hydrogen (secondary N) is 1. The van der Waals surface area contributed by atoms with Gasteiger partial charge in [-0.05, 0) is 24.6 Å². The zero-order valence-electron chi connectivity index (χ0n) is 12.8. The molecule has 25 heavy (non-hydrogen) atoms. The molecule has 0 spiro atoms. The summed E-state index contributed by atoms with van der Waals surface area (Å²) in [7, 11) is 0. The molecule has 1 N–H and O–H groups in total. The molecule has 0 fully saturated rings. The number of anilines is 1. The number of hydrogen-bond donors (Lipinski definition) is 1. The second-order valence-electron chi connectivity index (χ2n) is 5.13. The van der Waals surface area contributed by atoms with Crippen molar-refractivity contribution in [1.82, 2.24) is 4.57 Å². The van der Waals surface area contributed by atoms with E-state index in [-0.39, 0.29) is 11.4 Å². The molecule has 0 aliphatic carbocycles. The van der Waals surface area contributed by atoms with Crippen LogP contribution in [0.2, 0.25) is 0 Å². The van der Waals surface area contributed by atoms with E-state index in [1.807, 2.05) is 0 Å². The number of nitro groups is 1. The molecule has 0 radical (unpaired) electrons. The van der Waals surface area contributed by atoms with E-state index in [1.54, 1.807) is 0 Å². The Kier molecular flexibility index (Phi) is 4.91. The number of aromatic nitrogens is 1. The molecule has 10 heteroatoms. The number of para-hydroxylation sites is 1. The Morgan fingerprint density at radius 1 is 1.28 bits per heavy atom. The van der Waals surface area contributed by atoms with Crippen molar-refractivity contribution in [2.75, 3.05) is 5.32 Å². The Morgan fingerprint density at radius 3 is 2.56 bits per heavy atom. The van der Waals surface area contributed by atoms with Gasteiger partial charge in [0.25, 0.3) is 11.2 Å². The van der Waals surface area contributed by atoms with Crippen LogP contribution < -0.4 is 10.9 Å². The molecule has 2 aromatic rings. The van der Waals surface area contributed by atoms with Crippen LogP contribution in [-0.4, -0.2) is 15.4 Å². The minimum absolute atomic E-state index is 0.0717. The summed E-state index contributed by atoms with van der Waals surface area (Å²) in [6.45, 7) is 0.813. The first-order valence-corrected chi connectivity index (χ1v) is 6.91. The second kappa shape index (κ2) is 6.75. The van der Waals surface area contributed by atoms with Crippen molar-refractivity contribution in [2.24, 2.45) is 0 Å². The van der Waals surface area contributed by atoms with E-state index >= 15 is 0 Å². The smallest absolute Gasteiger partial charge is 0.319 e. The molecule has 7 nitrogen and oxygen atoms in total. The van der Waals surface area contributed by atoms with Crippen molar-refractivity contribution in [3.05, 3.63) is 68.1 Å². The van der Waals surface area contributed by atoms with E-state index in [0.29, 0.717) is 16.2 Å². The normalized spacial score (nSPS) is 11.2. The summed E-state index contributed by atoms with van der Waals surface area (Å²) in [6.07, 6.45) is -3.81. The van der Waals surface area contributed by atoms with Gasteiger partial charge in [-0.2, -0.15) is 13.2 Å². The number of amides is 1. The Bertz CT molecular complexity index is 890. The van der Waals surface area contributed by atoms with Crippen LogP contribution in [0.25, 0.3) is 0 Å². The van der Waals surface area contributed by atoms with Crippen LogP contribution >= 0.6 is 0 Å². The molecule has 1 heterocycles. The number of carbonyl (C=O) groups excluding carboxylic acids is 1. The largest absolute Gasteiger partial charge is 0.421 e. The SMILES string of the molecule is Cc1cccc([N+](=O)[O-])c1NC(=O)Cn1cccc(C(F)(F)F)c1=O. The lowest BCUT2D eigenvalue weighted by atomic mass is 10.1. The molecule has 0 aliphatic heterocycles. The number of alkyl halides is 3. The van der Waals surface area contributed by atoms with Gasteiger partial charge in [-0.25, -0.2) is 0 Å². The number of nitro benzene ring substituents is 1. The second-order valence-corrected chi connectivity index (χ2v) is 5.13. The van der Waals surface area contributed by atoms with E-state index < -0.39 is 34.7 Å². The molecule has 0 aliphatic rings. The van der Waals surface area contributed by atoms with Crippen LogP contribution in [0.15, 0.2) is 41.3 Å². The lowest BCUT2D eigenvalue weighted by molar-refractivity contribution is -0.384. The number of rotatable bonds is 4. The van der Waals surface area contributed by atoms with E-state index in [2.05, 4.69) is 5.32 Å². The number of aryl methyl sites for hydroxylation is 1. The standard InChI is InChI=1S/C15H12F3N3O4/c1-9-4-2-6-11(21(24)25)13(9)19-12(22)8-20-7-3-5-10(14(20)23)15(16,17)18/h2-7H,8H2,1H3,(H,19,22). The third-order valence-electron chi connectivity index (χ3n) is 3.35. The highest BCUT2D eigenvalue weighted by atomic mass is 19.4. The number of benzene rings is 1. The van der Waals surface area contributed by atoms with Crippen LogP contribution in [0.5, 0.6) is 0 Å². The Morgan fingerprint density at radius 2 is 1.96 bits per heavy atom. The average Bonchev–Trinajstić information content (AvgIpc) is 2.50. The van der Waals surface area contributed by atoms with E-state index in [0.717, 1.165) is 12.3 Å². The van der Waals surface area contributed by atoms with Gasteiger partial charge in [0, 0.05) is 12.3 Å². The first-order chi connectivity index (χ1) is 11.6. The number of pyridine rings is 1. The quantitative estimate of drug-likeness (QED) is 0.674. The highest BCUT2D eigenvalue weighted by Crippen LogP contribution is 2.28. The summed E-state index contributed by atoms with van der Waals surface area (Å²) in [5.41, 5.74) is -2.80. The molecule has 0 atom stereocenters. The molecule has 0 bridgehead atoms. The van der Waals surface area contributed by atoms with E-state index in [1.165, 1.54) is 25.1 Å². The average molecular weight is 355 g/mol. The molecular weight excluding hydrogens is 343 g/mol. The monoisotopic (exact) mass is 355 g/mol. The van der Waals surface area contributed by atoms with Gasteiger partial charge in [0.1, 0.15) is 17.8 Å². The van der Waals surface area contributed by atoms with Crippen molar-refractivity contribution < 1.29 is 22.9 Å². The summed E-state index contributed by atoms with van der Waals surface area (Å²) in [5, 5.41) is 13.3. The zero-order chi connectivity index (χ0) is 18.8. The van der Waals surface area contributed by atoms with Gasteiger partial charge in [-0.15, -0.1) is 0 Å². The first kappa shape index (κ1) is 18.2. The van der Waals surface area contributed by atoms with Gasteiger partial charge in [-0.3, -0.25) is 19.7 Å². The molecule has 1 amide bonds. The van der Waals surface area contributed by atoms with Crippen molar-refractivity contribution in [2.45, 2.75) is 19.6 Å². The van der Waals surface area contributed by atoms with Gasteiger partial charge < -0.3 is 9.88 Å². The molecule has 1 aromatic carbocycles. The molecule has 0 saturated heterocycles. The number of nitrogens with zero attached hydrogens (tertiary/aromatic N) is 2. The maximum Gasteiger partial charge on any atom is 0.421 e. The lowest BCUT2D eigenvalue weighted by Gasteiger charge is -2.12. The Hall–Kier alpha value is -3.17. The van der Waals surface area contributed by atoms with Crippen molar-refractivity contribution >= 4 is 17.3 Å². The van der Waals surface area contributed by atoms with Crippen molar-refractivity contribution in [1.29, 1.82) is 0 Å².